The molecule has 21 heavy (non-hydrogen) atoms. The van der Waals surface area contributed by atoms with E-state index in [2.05, 4.69) is 10.6 Å². The SMILES string of the molecule is COc1ccc(NCC2CC2)cc1NC(=O)OC(C)(C)C. The summed E-state index contributed by atoms with van der Waals surface area (Å²) in [7, 11) is 1.58. The molecule has 2 N–H and O–H groups in total. The van der Waals surface area contributed by atoms with Crippen LogP contribution in [0.5, 0.6) is 5.75 Å². The minimum atomic E-state index is -0.529. The second kappa shape index (κ2) is 6.24. The van der Waals surface area contributed by atoms with Crippen molar-refractivity contribution < 1.29 is 14.3 Å². The Balaban J connectivity index is 2.03. The summed E-state index contributed by atoms with van der Waals surface area (Å²) in [5.41, 5.74) is 1.04. The van der Waals surface area contributed by atoms with Crippen molar-refractivity contribution in [3.05, 3.63) is 18.2 Å². The smallest absolute Gasteiger partial charge is 0.412 e. The quantitative estimate of drug-likeness (QED) is 0.865. The van der Waals surface area contributed by atoms with Gasteiger partial charge in [-0.3, -0.25) is 5.32 Å². The Labute approximate surface area is 126 Å². The van der Waals surface area contributed by atoms with Gasteiger partial charge in [-0.2, -0.15) is 0 Å². The van der Waals surface area contributed by atoms with Gasteiger partial charge in [-0.1, -0.05) is 0 Å². The van der Waals surface area contributed by atoms with Crippen LogP contribution in [0.3, 0.4) is 0 Å². The van der Waals surface area contributed by atoms with Crippen LogP contribution in [0.25, 0.3) is 0 Å². The first-order valence-corrected chi connectivity index (χ1v) is 7.29. The lowest BCUT2D eigenvalue weighted by Gasteiger charge is -2.20. The van der Waals surface area contributed by atoms with Gasteiger partial charge in [-0.05, 0) is 57.7 Å². The van der Waals surface area contributed by atoms with Crippen molar-refractivity contribution in [2.24, 2.45) is 5.92 Å². The van der Waals surface area contributed by atoms with E-state index >= 15 is 0 Å². The Kier molecular flexibility index (Phi) is 4.60. The van der Waals surface area contributed by atoms with Crippen molar-refractivity contribution in [2.45, 2.75) is 39.2 Å². The van der Waals surface area contributed by atoms with Gasteiger partial charge in [0.25, 0.3) is 0 Å². The zero-order valence-electron chi connectivity index (χ0n) is 13.2. The number of hydrogen-bond acceptors (Lipinski definition) is 4. The molecule has 0 saturated heterocycles. The average Bonchev–Trinajstić information content (AvgIpc) is 3.18. The molecule has 2 rings (SSSR count). The molecule has 0 radical (unpaired) electrons. The van der Waals surface area contributed by atoms with Crippen molar-refractivity contribution in [2.75, 3.05) is 24.3 Å². The van der Waals surface area contributed by atoms with Crippen molar-refractivity contribution in [3.8, 4) is 5.75 Å². The third kappa shape index (κ3) is 5.17. The molecule has 1 aliphatic rings. The fraction of sp³-hybridized carbons (Fsp3) is 0.562. The molecule has 1 aliphatic carbocycles. The Hall–Kier alpha value is -1.91. The van der Waals surface area contributed by atoms with E-state index in [4.69, 9.17) is 9.47 Å². The summed E-state index contributed by atoms with van der Waals surface area (Å²) in [5, 5.41) is 6.11. The van der Waals surface area contributed by atoms with Crippen molar-refractivity contribution >= 4 is 17.5 Å². The Bertz CT molecular complexity index is 505. The van der Waals surface area contributed by atoms with Gasteiger partial charge in [0.2, 0.25) is 0 Å². The molecule has 0 heterocycles. The predicted molar refractivity (Wildman–Crippen MR) is 84.1 cm³/mol. The second-order valence-corrected chi connectivity index (χ2v) is 6.37. The van der Waals surface area contributed by atoms with E-state index in [1.54, 1.807) is 7.11 Å². The topological polar surface area (TPSA) is 59.6 Å². The standard InChI is InChI=1S/C16H24N2O3/c1-16(2,3)21-15(19)18-13-9-12(7-8-14(13)20-4)17-10-11-5-6-11/h7-9,11,17H,5-6,10H2,1-4H3,(H,18,19). The van der Waals surface area contributed by atoms with E-state index in [1.165, 1.54) is 12.8 Å². The fourth-order valence-corrected chi connectivity index (χ4v) is 1.91. The molecule has 0 aromatic heterocycles. The van der Waals surface area contributed by atoms with E-state index in [9.17, 15) is 4.79 Å². The Morgan fingerprint density at radius 2 is 2.05 bits per heavy atom. The Morgan fingerprint density at radius 1 is 1.33 bits per heavy atom. The molecule has 0 bridgehead atoms. The molecular weight excluding hydrogens is 268 g/mol. The van der Waals surface area contributed by atoms with Crippen LogP contribution in [-0.4, -0.2) is 25.3 Å². The molecule has 0 atom stereocenters. The van der Waals surface area contributed by atoms with Gasteiger partial charge in [0, 0.05) is 12.2 Å². The van der Waals surface area contributed by atoms with E-state index < -0.39 is 11.7 Å². The van der Waals surface area contributed by atoms with Crippen LogP contribution in [-0.2, 0) is 4.74 Å². The van der Waals surface area contributed by atoms with Gasteiger partial charge in [0.05, 0.1) is 12.8 Å². The lowest BCUT2D eigenvalue weighted by molar-refractivity contribution is 0.0635. The zero-order chi connectivity index (χ0) is 15.5. The number of amides is 1. The number of hydrogen-bond donors (Lipinski definition) is 2. The maximum Gasteiger partial charge on any atom is 0.412 e. The van der Waals surface area contributed by atoms with E-state index in [0.29, 0.717) is 11.4 Å². The largest absolute Gasteiger partial charge is 0.495 e. The number of nitrogens with one attached hydrogen (secondary N) is 2. The number of carbonyl (C=O) groups is 1. The summed E-state index contributed by atoms with van der Waals surface area (Å²) < 4.78 is 10.5. The van der Waals surface area contributed by atoms with Gasteiger partial charge < -0.3 is 14.8 Å². The van der Waals surface area contributed by atoms with Crippen LogP contribution in [0.1, 0.15) is 33.6 Å². The van der Waals surface area contributed by atoms with Crippen molar-refractivity contribution in [3.63, 3.8) is 0 Å². The minimum Gasteiger partial charge on any atom is -0.495 e. The van der Waals surface area contributed by atoms with E-state index in [1.807, 2.05) is 39.0 Å². The zero-order valence-corrected chi connectivity index (χ0v) is 13.2. The number of ether oxygens (including phenoxy) is 2. The monoisotopic (exact) mass is 292 g/mol. The van der Waals surface area contributed by atoms with Gasteiger partial charge in [-0.15, -0.1) is 0 Å². The van der Waals surface area contributed by atoms with Gasteiger partial charge >= 0.3 is 6.09 Å². The molecule has 1 aromatic rings. The molecule has 1 amide bonds. The number of anilines is 2. The van der Waals surface area contributed by atoms with Gasteiger partial charge in [0.15, 0.2) is 0 Å². The maximum absolute atomic E-state index is 11.9. The molecule has 1 saturated carbocycles. The number of rotatable bonds is 5. The predicted octanol–water partition coefficient (Wildman–Crippen LogP) is 3.86. The molecule has 0 unspecified atom stereocenters. The fourth-order valence-electron chi connectivity index (χ4n) is 1.91. The summed E-state index contributed by atoms with van der Waals surface area (Å²) in [4.78, 5) is 11.9. The summed E-state index contributed by atoms with van der Waals surface area (Å²) in [6.07, 6.45) is 2.11. The number of benzene rings is 1. The third-order valence-corrected chi connectivity index (χ3v) is 3.13. The summed E-state index contributed by atoms with van der Waals surface area (Å²) in [6.45, 7) is 6.46. The van der Waals surface area contributed by atoms with E-state index in [0.717, 1.165) is 18.2 Å². The molecule has 0 aliphatic heterocycles. The molecule has 116 valence electrons. The van der Waals surface area contributed by atoms with Crippen LogP contribution >= 0.6 is 0 Å². The highest BCUT2D eigenvalue weighted by molar-refractivity contribution is 5.88. The van der Waals surface area contributed by atoms with Crippen LogP contribution in [0.4, 0.5) is 16.2 Å². The molecule has 5 heteroatoms. The second-order valence-electron chi connectivity index (χ2n) is 6.37. The highest BCUT2D eigenvalue weighted by Crippen LogP contribution is 2.31. The van der Waals surface area contributed by atoms with Crippen LogP contribution in [0.15, 0.2) is 18.2 Å². The van der Waals surface area contributed by atoms with Crippen LogP contribution < -0.4 is 15.4 Å². The van der Waals surface area contributed by atoms with Crippen molar-refractivity contribution in [1.82, 2.24) is 0 Å². The highest BCUT2D eigenvalue weighted by atomic mass is 16.6. The maximum atomic E-state index is 11.9. The average molecular weight is 292 g/mol. The first-order chi connectivity index (χ1) is 9.87. The highest BCUT2D eigenvalue weighted by Gasteiger charge is 2.21. The first kappa shape index (κ1) is 15.5. The number of carbonyl (C=O) groups excluding carboxylic acids is 1. The van der Waals surface area contributed by atoms with Gasteiger partial charge in [-0.25, -0.2) is 4.79 Å². The normalized spacial score (nSPS) is 14.5. The van der Waals surface area contributed by atoms with Crippen LogP contribution in [0, 0.1) is 5.92 Å². The summed E-state index contributed by atoms with van der Waals surface area (Å²) in [5.74, 6) is 1.40. The molecular formula is C16H24N2O3. The summed E-state index contributed by atoms with van der Waals surface area (Å²) in [6, 6.07) is 5.65. The molecule has 1 aromatic carbocycles. The van der Waals surface area contributed by atoms with Crippen molar-refractivity contribution in [1.29, 1.82) is 0 Å². The van der Waals surface area contributed by atoms with Crippen LogP contribution in [0.2, 0.25) is 0 Å². The Morgan fingerprint density at radius 3 is 2.62 bits per heavy atom. The minimum absolute atomic E-state index is 0.486. The summed E-state index contributed by atoms with van der Waals surface area (Å²) >= 11 is 0. The molecule has 5 nitrogen and oxygen atoms in total. The number of methoxy groups -OCH3 is 1. The third-order valence-electron chi connectivity index (χ3n) is 3.13. The van der Waals surface area contributed by atoms with Gasteiger partial charge in [0.1, 0.15) is 11.4 Å². The van der Waals surface area contributed by atoms with E-state index in [-0.39, 0.29) is 0 Å². The first-order valence-electron chi connectivity index (χ1n) is 7.29. The molecule has 0 spiro atoms. The lowest BCUT2D eigenvalue weighted by atomic mass is 10.2. The molecule has 1 fully saturated rings. The lowest BCUT2D eigenvalue weighted by Crippen LogP contribution is -2.27.